The van der Waals surface area contributed by atoms with Crippen molar-refractivity contribution in [2.45, 2.75) is 6.42 Å². The number of carbonyl (C=O) groups excluding carboxylic acids is 1. The van der Waals surface area contributed by atoms with Gasteiger partial charge in [-0.15, -0.1) is 0 Å². The van der Waals surface area contributed by atoms with Crippen LogP contribution in [0.15, 0.2) is 24.3 Å². The SMILES string of the molecule is Nc1cccc(NC(=O)C2CCNC2)c1. The molecule has 1 unspecified atom stereocenters. The van der Waals surface area contributed by atoms with E-state index in [1.54, 1.807) is 12.1 Å². The van der Waals surface area contributed by atoms with Gasteiger partial charge in [-0.2, -0.15) is 0 Å². The Kier molecular flexibility index (Phi) is 2.87. The Labute approximate surface area is 88.9 Å². The highest BCUT2D eigenvalue weighted by atomic mass is 16.1. The molecule has 1 fully saturated rings. The van der Waals surface area contributed by atoms with Crippen molar-refractivity contribution in [3.63, 3.8) is 0 Å². The van der Waals surface area contributed by atoms with Crippen LogP contribution in [-0.2, 0) is 4.79 Å². The van der Waals surface area contributed by atoms with E-state index in [0.29, 0.717) is 5.69 Å². The van der Waals surface area contributed by atoms with Gasteiger partial charge in [-0.3, -0.25) is 4.79 Å². The highest BCUT2D eigenvalue weighted by Gasteiger charge is 2.22. The van der Waals surface area contributed by atoms with Crippen LogP contribution in [0.25, 0.3) is 0 Å². The third kappa shape index (κ3) is 2.47. The van der Waals surface area contributed by atoms with Crippen molar-refractivity contribution in [2.75, 3.05) is 24.1 Å². The Morgan fingerprint density at radius 2 is 2.40 bits per heavy atom. The molecular formula is C11H15N3O. The Morgan fingerprint density at radius 1 is 1.53 bits per heavy atom. The van der Waals surface area contributed by atoms with Crippen LogP contribution in [0, 0.1) is 5.92 Å². The van der Waals surface area contributed by atoms with E-state index >= 15 is 0 Å². The van der Waals surface area contributed by atoms with E-state index in [4.69, 9.17) is 5.73 Å². The average Bonchev–Trinajstić information content (AvgIpc) is 2.70. The molecular weight excluding hydrogens is 190 g/mol. The first-order chi connectivity index (χ1) is 7.25. The van der Waals surface area contributed by atoms with Gasteiger partial charge in [0.25, 0.3) is 0 Å². The number of nitrogens with two attached hydrogens (primary N) is 1. The van der Waals surface area contributed by atoms with Gasteiger partial charge in [-0.05, 0) is 31.2 Å². The number of carbonyl (C=O) groups is 1. The molecule has 0 bridgehead atoms. The molecule has 0 aromatic heterocycles. The van der Waals surface area contributed by atoms with Gasteiger partial charge in [0.15, 0.2) is 0 Å². The van der Waals surface area contributed by atoms with Crippen molar-refractivity contribution in [1.82, 2.24) is 5.32 Å². The summed E-state index contributed by atoms with van der Waals surface area (Å²) in [5.74, 6) is 0.164. The van der Waals surface area contributed by atoms with Crippen LogP contribution in [0.5, 0.6) is 0 Å². The van der Waals surface area contributed by atoms with Crippen LogP contribution in [0.3, 0.4) is 0 Å². The van der Waals surface area contributed by atoms with Crippen molar-refractivity contribution in [3.05, 3.63) is 24.3 Å². The fraction of sp³-hybridized carbons (Fsp3) is 0.364. The van der Waals surface area contributed by atoms with E-state index in [1.807, 2.05) is 12.1 Å². The summed E-state index contributed by atoms with van der Waals surface area (Å²) >= 11 is 0. The third-order valence-electron chi connectivity index (χ3n) is 2.59. The Morgan fingerprint density at radius 3 is 3.07 bits per heavy atom. The number of anilines is 2. The standard InChI is InChI=1S/C11H15N3O/c12-9-2-1-3-10(6-9)14-11(15)8-4-5-13-7-8/h1-3,6,8,13H,4-5,7,12H2,(H,14,15). The van der Waals surface area contributed by atoms with E-state index in [1.165, 1.54) is 0 Å². The molecule has 1 aliphatic heterocycles. The number of hydrogen-bond donors (Lipinski definition) is 3. The van der Waals surface area contributed by atoms with E-state index in [9.17, 15) is 4.79 Å². The molecule has 0 radical (unpaired) electrons. The van der Waals surface area contributed by atoms with Gasteiger partial charge < -0.3 is 16.4 Å². The molecule has 0 saturated carbocycles. The minimum Gasteiger partial charge on any atom is -0.399 e. The second-order valence-electron chi connectivity index (χ2n) is 3.80. The van der Waals surface area contributed by atoms with Gasteiger partial charge in [0.2, 0.25) is 5.91 Å². The van der Waals surface area contributed by atoms with Gasteiger partial charge in [-0.25, -0.2) is 0 Å². The summed E-state index contributed by atoms with van der Waals surface area (Å²) in [4.78, 5) is 11.7. The first-order valence-corrected chi connectivity index (χ1v) is 5.13. The molecule has 15 heavy (non-hydrogen) atoms. The molecule has 2 rings (SSSR count). The topological polar surface area (TPSA) is 67.1 Å². The molecule has 1 aromatic carbocycles. The summed E-state index contributed by atoms with van der Waals surface area (Å²) in [7, 11) is 0. The molecule has 1 saturated heterocycles. The molecule has 4 N–H and O–H groups in total. The Hall–Kier alpha value is -1.55. The molecule has 1 heterocycles. The Bertz CT molecular complexity index is 359. The normalized spacial score (nSPS) is 20.1. The van der Waals surface area contributed by atoms with Crippen LogP contribution < -0.4 is 16.4 Å². The predicted molar refractivity (Wildman–Crippen MR) is 60.5 cm³/mol. The quantitative estimate of drug-likeness (QED) is 0.626. The monoisotopic (exact) mass is 205 g/mol. The molecule has 4 heteroatoms. The molecule has 1 atom stereocenters. The van der Waals surface area contributed by atoms with E-state index in [2.05, 4.69) is 10.6 Å². The lowest BCUT2D eigenvalue weighted by molar-refractivity contribution is -0.119. The van der Waals surface area contributed by atoms with Crippen molar-refractivity contribution in [3.8, 4) is 0 Å². The predicted octanol–water partition coefficient (Wildman–Crippen LogP) is 0.817. The van der Waals surface area contributed by atoms with Gasteiger partial charge in [0, 0.05) is 17.9 Å². The van der Waals surface area contributed by atoms with Crippen LogP contribution in [0.4, 0.5) is 11.4 Å². The van der Waals surface area contributed by atoms with E-state index in [-0.39, 0.29) is 11.8 Å². The van der Waals surface area contributed by atoms with E-state index in [0.717, 1.165) is 25.2 Å². The molecule has 1 aliphatic rings. The summed E-state index contributed by atoms with van der Waals surface area (Å²) in [5, 5.41) is 6.03. The highest BCUT2D eigenvalue weighted by Crippen LogP contribution is 2.15. The third-order valence-corrected chi connectivity index (χ3v) is 2.59. The molecule has 4 nitrogen and oxygen atoms in total. The summed E-state index contributed by atoms with van der Waals surface area (Å²) in [5.41, 5.74) is 7.06. The minimum atomic E-state index is 0.0746. The van der Waals surface area contributed by atoms with Crippen LogP contribution in [-0.4, -0.2) is 19.0 Å². The second-order valence-corrected chi connectivity index (χ2v) is 3.80. The van der Waals surface area contributed by atoms with E-state index < -0.39 is 0 Å². The lowest BCUT2D eigenvalue weighted by Crippen LogP contribution is -2.24. The van der Waals surface area contributed by atoms with Gasteiger partial charge in [-0.1, -0.05) is 6.07 Å². The fourth-order valence-corrected chi connectivity index (χ4v) is 1.74. The molecule has 0 spiro atoms. The molecule has 1 amide bonds. The number of rotatable bonds is 2. The van der Waals surface area contributed by atoms with Crippen LogP contribution >= 0.6 is 0 Å². The minimum absolute atomic E-state index is 0.0746. The lowest BCUT2D eigenvalue weighted by atomic mass is 10.1. The fourth-order valence-electron chi connectivity index (χ4n) is 1.74. The number of hydrogen-bond acceptors (Lipinski definition) is 3. The van der Waals surface area contributed by atoms with Gasteiger partial charge >= 0.3 is 0 Å². The van der Waals surface area contributed by atoms with Crippen LogP contribution in [0.1, 0.15) is 6.42 Å². The maximum absolute atomic E-state index is 11.7. The second kappa shape index (κ2) is 4.31. The summed E-state index contributed by atoms with van der Waals surface area (Å²) < 4.78 is 0. The number of nitrogens with one attached hydrogen (secondary N) is 2. The molecule has 1 aromatic rings. The summed E-state index contributed by atoms with van der Waals surface area (Å²) in [6, 6.07) is 7.24. The van der Waals surface area contributed by atoms with Gasteiger partial charge in [0.05, 0.1) is 5.92 Å². The molecule has 0 aliphatic carbocycles. The zero-order valence-corrected chi connectivity index (χ0v) is 8.49. The largest absolute Gasteiger partial charge is 0.399 e. The van der Waals surface area contributed by atoms with Gasteiger partial charge in [0.1, 0.15) is 0 Å². The summed E-state index contributed by atoms with van der Waals surface area (Å²) in [6.07, 6.45) is 0.911. The molecule has 80 valence electrons. The van der Waals surface area contributed by atoms with Crippen molar-refractivity contribution >= 4 is 17.3 Å². The smallest absolute Gasteiger partial charge is 0.228 e. The van der Waals surface area contributed by atoms with Crippen molar-refractivity contribution in [2.24, 2.45) is 5.92 Å². The van der Waals surface area contributed by atoms with Crippen molar-refractivity contribution in [1.29, 1.82) is 0 Å². The average molecular weight is 205 g/mol. The van der Waals surface area contributed by atoms with Crippen molar-refractivity contribution < 1.29 is 4.79 Å². The highest BCUT2D eigenvalue weighted by molar-refractivity contribution is 5.93. The Balaban J connectivity index is 1.99. The zero-order chi connectivity index (χ0) is 10.7. The zero-order valence-electron chi connectivity index (χ0n) is 8.49. The maximum atomic E-state index is 11.7. The summed E-state index contributed by atoms with van der Waals surface area (Å²) in [6.45, 7) is 1.70. The number of nitrogen functional groups attached to an aromatic ring is 1. The lowest BCUT2D eigenvalue weighted by Gasteiger charge is -2.09. The van der Waals surface area contributed by atoms with Crippen LogP contribution in [0.2, 0.25) is 0 Å². The number of benzene rings is 1. The first-order valence-electron chi connectivity index (χ1n) is 5.13. The first kappa shape index (κ1) is 9.98. The number of amides is 1. The maximum Gasteiger partial charge on any atom is 0.228 e.